The maximum absolute atomic E-state index is 11.5. The van der Waals surface area contributed by atoms with Gasteiger partial charge in [-0.25, -0.2) is 4.79 Å². The van der Waals surface area contributed by atoms with Gasteiger partial charge in [0.15, 0.2) is 0 Å². The first-order chi connectivity index (χ1) is 7.11. The van der Waals surface area contributed by atoms with Gasteiger partial charge in [-0.1, -0.05) is 0 Å². The Kier molecular flexibility index (Phi) is 4.94. The molecule has 0 aromatic rings. The van der Waals surface area contributed by atoms with E-state index in [-0.39, 0.29) is 0 Å². The fourth-order valence-corrected chi connectivity index (χ4v) is 0.986. The largest absolute Gasteiger partial charge is 0.481 e. The molecule has 0 aliphatic heterocycles. The van der Waals surface area contributed by atoms with Crippen LogP contribution in [0.2, 0.25) is 0 Å². The first-order valence-corrected chi connectivity index (χ1v) is 4.83. The average molecular weight is 231 g/mol. The number of carbonyl (C=O) groups is 3. The lowest BCUT2D eigenvalue weighted by atomic mass is 10.1. The number of carboxylic acids is 1. The van der Waals surface area contributed by atoms with Crippen LogP contribution in [0.15, 0.2) is 0 Å². The molecule has 6 heteroatoms. The van der Waals surface area contributed by atoms with Gasteiger partial charge in [0.2, 0.25) is 5.91 Å². The molecule has 0 aliphatic rings. The number of rotatable bonds is 4. The number of hydrogen-bond donors (Lipinski definition) is 2. The number of nitrogens with one attached hydrogen (secondary N) is 1. The van der Waals surface area contributed by atoms with Crippen molar-refractivity contribution in [2.24, 2.45) is 0 Å². The number of ether oxygens (including phenoxy) is 1. The van der Waals surface area contributed by atoms with Crippen LogP contribution in [0.1, 0.15) is 34.1 Å². The van der Waals surface area contributed by atoms with Gasteiger partial charge in [0.25, 0.3) is 0 Å². The van der Waals surface area contributed by atoms with Gasteiger partial charge in [-0.15, -0.1) is 0 Å². The van der Waals surface area contributed by atoms with Gasteiger partial charge in [-0.2, -0.15) is 0 Å². The van der Waals surface area contributed by atoms with Crippen LogP contribution in [0.3, 0.4) is 0 Å². The van der Waals surface area contributed by atoms with Crippen LogP contribution in [-0.2, 0) is 19.1 Å². The van der Waals surface area contributed by atoms with E-state index < -0.39 is 35.9 Å². The number of esters is 1. The summed E-state index contributed by atoms with van der Waals surface area (Å²) in [5, 5.41) is 10.8. The molecule has 0 radical (unpaired) electrons. The van der Waals surface area contributed by atoms with E-state index in [0.717, 1.165) is 0 Å². The van der Waals surface area contributed by atoms with E-state index in [1.165, 1.54) is 6.92 Å². The van der Waals surface area contributed by atoms with Gasteiger partial charge >= 0.3 is 11.9 Å². The average Bonchev–Trinajstić information content (AvgIpc) is 1.97. The normalized spacial score (nSPS) is 12.8. The van der Waals surface area contributed by atoms with E-state index in [1.54, 1.807) is 20.8 Å². The summed E-state index contributed by atoms with van der Waals surface area (Å²) in [6.45, 7) is 6.20. The zero-order valence-electron chi connectivity index (χ0n) is 9.86. The SMILES string of the molecule is CC(=O)N[C@H](CC(=O)O)C(=O)OC(C)(C)C. The van der Waals surface area contributed by atoms with Crippen LogP contribution in [-0.4, -0.2) is 34.6 Å². The smallest absolute Gasteiger partial charge is 0.329 e. The van der Waals surface area contributed by atoms with Crippen molar-refractivity contribution < 1.29 is 24.2 Å². The number of aliphatic carboxylic acids is 1. The van der Waals surface area contributed by atoms with Crippen LogP contribution in [0, 0.1) is 0 Å². The van der Waals surface area contributed by atoms with E-state index >= 15 is 0 Å². The lowest BCUT2D eigenvalue weighted by Gasteiger charge is -2.23. The van der Waals surface area contributed by atoms with E-state index in [2.05, 4.69) is 5.32 Å². The van der Waals surface area contributed by atoms with Crippen LogP contribution >= 0.6 is 0 Å². The van der Waals surface area contributed by atoms with Crippen LogP contribution in [0.4, 0.5) is 0 Å². The molecule has 0 saturated heterocycles. The van der Waals surface area contributed by atoms with Crippen LogP contribution < -0.4 is 5.32 Å². The summed E-state index contributed by atoms with van der Waals surface area (Å²) in [7, 11) is 0. The fraction of sp³-hybridized carbons (Fsp3) is 0.700. The van der Waals surface area contributed by atoms with Crippen molar-refractivity contribution in [1.82, 2.24) is 5.32 Å². The molecule has 6 nitrogen and oxygen atoms in total. The van der Waals surface area contributed by atoms with Crippen LogP contribution in [0.5, 0.6) is 0 Å². The predicted molar refractivity (Wildman–Crippen MR) is 55.7 cm³/mol. The highest BCUT2D eigenvalue weighted by Gasteiger charge is 2.27. The van der Waals surface area contributed by atoms with E-state index in [4.69, 9.17) is 9.84 Å². The van der Waals surface area contributed by atoms with Crippen molar-refractivity contribution in [3.63, 3.8) is 0 Å². The van der Waals surface area contributed by atoms with E-state index in [9.17, 15) is 14.4 Å². The summed E-state index contributed by atoms with van der Waals surface area (Å²) >= 11 is 0. The molecule has 0 rings (SSSR count). The molecule has 0 saturated carbocycles. The van der Waals surface area contributed by atoms with Crippen molar-refractivity contribution >= 4 is 17.8 Å². The molecule has 0 aliphatic carbocycles. The third kappa shape index (κ3) is 6.80. The lowest BCUT2D eigenvalue weighted by Crippen LogP contribution is -2.44. The molecule has 0 spiro atoms. The molecule has 2 N–H and O–H groups in total. The summed E-state index contributed by atoms with van der Waals surface area (Å²) in [6.07, 6.45) is -0.492. The standard InChI is InChI=1S/C10H17NO5/c1-6(12)11-7(5-8(13)14)9(15)16-10(2,3)4/h7H,5H2,1-4H3,(H,11,12)(H,13,14)/t7-/m1/s1. The fourth-order valence-electron chi connectivity index (χ4n) is 0.986. The zero-order chi connectivity index (χ0) is 12.9. The molecule has 0 unspecified atom stereocenters. The number of carbonyl (C=O) groups excluding carboxylic acids is 2. The summed E-state index contributed by atoms with van der Waals surface area (Å²) in [5.41, 5.74) is -0.716. The van der Waals surface area contributed by atoms with Gasteiger partial charge in [0.1, 0.15) is 11.6 Å². The third-order valence-electron chi connectivity index (χ3n) is 1.45. The van der Waals surface area contributed by atoms with Crippen molar-refractivity contribution in [1.29, 1.82) is 0 Å². The number of amides is 1. The molecular weight excluding hydrogens is 214 g/mol. The van der Waals surface area contributed by atoms with Gasteiger partial charge in [0.05, 0.1) is 6.42 Å². The lowest BCUT2D eigenvalue weighted by molar-refractivity contribution is -0.161. The summed E-state index contributed by atoms with van der Waals surface area (Å²) in [5.74, 6) is -2.40. The van der Waals surface area contributed by atoms with Gasteiger partial charge in [-0.05, 0) is 20.8 Å². The first-order valence-electron chi connectivity index (χ1n) is 4.83. The molecule has 0 aromatic heterocycles. The Morgan fingerprint density at radius 3 is 2.12 bits per heavy atom. The van der Waals surface area contributed by atoms with E-state index in [1.807, 2.05) is 0 Å². The highest BCUT2D eigenvalue weighted by Crippen LogP contribution is 2.09. The molecule has 0 fully saturated rings. The zero-order valence-corrected chi connectivity index (χ0v) is 9.86. The number of carboxylic acid groups (broad SMARTS) is 1. The predicted octanol–water partition coefficient (Wildman–Crippen LogP) is 0.307. The summed E-state index contributed by atoms with van der Waals surface area (Å²) in [6, 6.07) is -1.14. The minimum atomic E-state index is -1.18. The molecular formula is C10H17NO5. The molecule has 0 heterocycles. The maximum atomic E-state index is 11.5. The Hall–Kier alpha value is -1.59. The number of hydrogen-bond acceptors (Lipinski definition) is 4. The molecule has 1 amide bonds. The van der Waals surface area contributed by atoms with E-state index in [0.29, 0.717) is 0 Å². The molecule has 16 heavy (non-hydrogen) atoms. The monoisotopic (exact) mass is 231 g/mol. The Labute approximate surface area is 94.0 Å². The van der Waals surface area contributed by atoms with Crippen LogP contribution in [0.25, 0.3) is 0 Å². The summed E-state index contributed by atoms with van der Waals surface area (Å²) < 4.78 is 4.98. The second kappa shape index (κ2) is 5.48. The second-order valence-electron chi connectivity index (χ2n) is 4.38. The van der Waals surface area contributed by atoms with Crippen molar-refractivity contribution in [2.75, 3.05) is 0 Å². The van der Waals surface area contributed by atoms with Gasteiger partial charge in [0, 0.05) is 6.92 Å². The van der Waals surface area contributed by atoms with Gasteiger partial charge in [-0.3, -0.25) is 9.59 Å². The third-order valence-corrected chi connectivity index (χ3v) is 1.45. The van der Waals surface area contributed by atoms with Crippen molar-refractivity contribution in [2.45, 2.75) is 45.8 Å². The molecule has 92 valence electrons. The minimum Gasteiger partial charge on any atom is -0.481 e. The minimum absolute atomic E-state index is 0.475. The Morgan fingerprint density at radius 1 is 1.31 bits per heavy atom. The first kappa shape index (κ1) is 14.4. The maximum Gasteiger partial charge on any atom is 0.329 e. The Morgan fingerprint density at radius 2 is 1.81 bits per heavy atom. The van der Waals surface area contributed by atoms with Crippen molar-refractivity contribution in [3.8, 4) is 0 Å². The highest BCUT2D eigenvalue weighted by molar-refractivity contribution is 5.87. The molecule has 0 aromatic carbocycles. The highest BCUT2D eigenvalue weighted by atomic mass is 16.6. The Bertz CT molecular complexity index is 276. The molecule has 0 bridgehead atoms. The topological polar surface area (TPSA) is 92.7 Å². The quantitative estimate of drug-likeness (QED) is 0.679. The molecule has 1 atom stereocenters. The second-order valence-corrected chi connectivity index (χ2v) is 4.38. The van der Waals surface area contributed by atoms with Crippen molar-refractivity contribution in [3.05, 3.63) is 0 Å². The van der Waals surface area contributed by atoms with Gasteiger partial charge < -0.3 is 15.2 Å². The summed E-state index contributed by atoms with van der Waals surface area (Å²) in [4.78, 5) is 32.8. The Balaban J connectivity index is 4.56.